The van der Waals surface area contributed by atoms with Gasteiger partial charge in [0.15, 0.2) is 0 Å². The van der Waals surface area contributed by atoms with Gasteiger partial charge in [0.25, 0.3) is 5.91 Å². The molecule has 0 unspecified atom stereocenters. The van der Waals surface area contributed by atoms with Crippen molar-refractivity contribution in [2.45, 2.75) is 39.2 Å². The third-order valence-corrected chi connectivity index (χ3v) is 4.91. The van der Waals surface area contributed by atoms with Crippen LogP contribution in [0.2, 0.25) is 0 Å². The van der Waals surface area contributed by atoms with Crippen LogP contribution in [0, 0.1) is 0 Å². The monoisotopic (exact) mass is 393 g/mol. The molecule has 29 heavy (non-hydrogen) atoms. The number of anilines is 2. The van der Waals surface area contributed by atoms with Crippen molar-refractivity contribution in [1.82, 2.24) is 0 Å². The molecule has 1 aliphatic rings. The van der Waals surface area contributed by atoms with E-state index in [1.54, 1.807) is 18.2 Å². The summed E-state index contributed by atoms with van der Waals surface area (Å²) in [4.78, 5) is 24.5. The number of carbonyl (C=O) groups excluding carboxylic acids is 2. The molecule has 0 spiro atoms. The molecule has 0 saturated carbocycles. The molecule has 0 atom stereocenters. The summed E-state index contributed by atoms with van der Waals surface area (Å²) < 4.78 is 4.76. The van der Waals surface area contributed by atoms with Crippen LogP contribution in [0.1, 0.15) is 55.1 Å². The molecule has 0 aromatic heterocycles. The van der Waals surface area contributed by atoms with Crippen LogP contribution in [0.25, 0.3) is 5.57 Å². The first-order chi connectivity index (χ1) is 13.7. The van der Waals surface area contributed by atoms with Gasteiger partial charge in [0.1, 0.15) is 0 Å². The summed E-state index contributed by atoms with van der Waals surface area (Å²) >= 11 is 0. The van der Waals surface area contributed by atoms with Crippen LogP contribution in [0.3, 0.4) is 0 Å². The SMILES string of the molecule is CCCC(Nc1ccc(C(C)(C)N)cc1)=C1C(=O)Nc2cc(C(=O)OC)ccc21. The van der Waals surface area contributed by atoms with Gasteiger partial charge >= 0.3 is 5.97 Å². The fourth-order valence-electron chi connectivity index (χ4n) is 3.37. The zero-order valence-electron chi connectivity index (χ0n) is 17.3. The van der Waals surface area contributed by atoms with Gasteiger partial charge in [0, 0.05) is 22.5 Å². The molecule has 1 aliphatic heterocycles. The van der Waals surface area contributed by atoms with Gasteiger partial charge in [-0.3, -0.25) is 4.79 Å². The first-order valence-corrected chi connectivity index (χ1v) is 9.68. The predicted molar refractivity (Wildman–Crippen MR) is 116 cm³/mol. The Hall–Kier alpha value is -3.12. The summed E-state index contributed by atoms with van der Waals surface area (Å²) in [5.74, 6) is -0.619. The Kier molecular flexibility index (Phi) is 5.75. The standard InChI is InChI=1S/C23H27N3O3/c1-5-6-18(25-16-10-8-15(9-11-16)23(2,3)24)20-17-12-7-14(22(28)29-4)13-19(17)26-21(20)27/h7-13,25H,5-6,24H2,1-4H3,(H,26,27). The number of rotatable bonds is 6. The molecule has 0 aliphatic carbocycles. The highest BCUT2D eigenvalue weighted by atomic mass is 16.5. The van der Waals surface area contributed by atoms with E-state index in [-0.39, 0.29) is 5.91 Å². The average molecular weight is 393 g/mol. The third-order valence-electron chi connectivity index (χ3n) is 4.91. The number of fused-ring (bicyclic) bond motifs is 1. The van der Waals surface area contributed by atoms with Crippen molar-refractivity contribution in [2.24, 2.45) is 5.73 Å². The van der Waals surface area contributed by atoms with Crippen molar-refractivity contribution in [3.8, 4) is 0 Å². The number of esters is 1. The lowest BCUT2D eigenvalue weighted by Gasteiger charge is -2.20. The Morgan fingerprint density at radius 3 is 2.45 bits per heavy atom. The Labute approximate surface area is 171 Å². The number of methoxy groups -OCH3 is 1. The summed E-state index contributed by atoms with van der Waals surface area (Å²) in [5, 5.41) is 6.27. The summed E-state index contributed by atoms with van der Waals surface area (Å²) in [6, 6.07) is 13.0. The first kappa shape index (κ1) is 20.6. The van der Waals surface area contributed by atoms with Gasteiger partial charge in [-0.25, -0.2) is 4.79 Å². The van der Waals surface area contributed by atoms with Gasteiger partial charge in [-0.15, -0.1) is 0 Å². The molecule has 0 bridgehead atoms. The molecule has 0 fully saturated rings. The van der Waals surface area contributed by atoms with E-state index in [0.29, 0.717) is 23.2 Å². The fraction of sp³-hybridized carbons (Fsp3) is 0.304. The normalized spacial score (nSPS) is 14.9. The molecule has 4 N–H and O–H groups in total. The second-order valence-corrected chi connectivity index (χ2v) is 7.73. The number of benzene rings is 2. The maximum absolute atomic E-state index is 12.7. The quantitative estimate of drug-likeness (QED) is 0.504. The smallest absolute Gasteiger partial charge is 0.337 e. The molecule has 6 nitrogen and oxygen atoms in total. The minimum Gasteiger partial charge on any atom is -0.465 e. The number of nitrogens with two attached hydrogens (primary N) is 1. The minimum absolute atomic E-state index is 0.183. The van der Waals surface area contributed by atoms with Gasteiger partial charge < -0.3 is 21.1 Å². The van der Waals surface area contributed by atoms with Crippen molar-refractivity contribution < 1.29 is 14.3 Å². The van der Waals surface area contributed by atoms with Crippen LogP contribution in [-0.4, -0.2) is 19.0 Å². The molecule has 1 amide bonds. The van der Waals surface area contributed by atoms with Crippen LogP contribution in [0.4, 0.5) is 11.4 Å². The Morgan fingerprint density at radius 2 is 1.86 bits per heavy atom. The number of ether oxygens (including phenoxy) is 1. The molecule has 2 aromatic rings. The van der Waals surface area contributed by atoms with E-state index < -0.39 is 11.5 Å². The van der Waals surface area contributed by atoms with E-state index in [9.17, 15) is 9.59 Å². The van der Waals surface area contributed by atoms with E-state index >= 15 is 0 Å². The van der Waals surface area contributed by atoms with Crippen molar-refractivity contribution >= 4 is 28.8 Å². The molecular formula is C23H27N3O3. The fourth-order valence-corrected chi connectivity index (χ4v) is 3.37. The number of nitrogens with one attached hydrogen (secondary N) is 2. The highest BCUT2D eigenvalue weighted by Crippen LogP contribution is 2.36. The van der Waals surface area contributed by atoms with Gasteiger partial charge in [0.05, 0.1) is 23.9 Å². The molecule has 1 heterocycles. The second kappa shape index (κ2) is 8.09. The van der Waals surface area contributed by atoms with Crippen LogP contribution in [0.15, 0.2) is 48.2 Å². The highest BCUT2D eigenvalue weighted by Gasteiger charge is 2.28. The number of carbonyl (C=O) groups is 2. The minimum atomic E-state index is -0.436. The lowest BCUT2D eigenvalue weighted by molar-refractivity contribution is -0.110. The topological polar surface area (TPSA) is 93.5 Å². The van der Waals surface area contributed by atoms with E-state index in [1.807, 2.05) is 38.1 Å². The van der Waals surface area contributed by atoms with Crippen molar-refractivity contribution in [3.63, 3.8) is 0 Å². The number of amides is 1. The average Bonchev–Trinajstić information content (AvgIpc) is 3.01. The maximum atomic E-state index is 12.7. The van der Waals surface area contributed by atoms with Crippen molar-refractivity contribution in [1.29, 1.82) is 0 Å². The van der Waals surface area contributed by atoms with Gasteiger partial charge in [-0.2, -0.15) is 0 Å². The van der Waals surface area contributed by atoms with Gasteiger partial charge in [-0.1, -0.05) is 31.5 Å². The molecule has 152 valence electrons. The zero-order valence-corrected chi connectivity index (χ0v) is 17.3. The van der Waals surface area contributed by atoms with E-state index in [2.05, 4.69) is 17.6 Å². The summed E-state index contributed by atoms with van der Waals surface area (Å²) in [6.07, 6.45) is 1.59. The van der Waals surface area contributed by atoms with E-state index in [1.165, 1.54) is 7.11 Å². The maximum Gasteiger partial charge on any atom is 0.337 e. The lowest BCUT2D eigenvalue weighted by Crippen LogP contribution is -2.28. The van der Waals surface area contributed by atoms with Crippen molar-refractivity contribution in [2.75, 3.05) is 17.7 Å². The zero-order chi connectivity index (χ0) is 21.2. The lowest BCUT2D eigenvalue weighted by atomic mass is 9.95. The number of hydrogen-bond donors (Lipinski definition) is 3. The van der Waals surface area contributed by atoms with Crippen LogP contribution in [-0.2, 0) is 15.1 Å². The molecule has 2 aromatic carbocycles. The van der Waals surface area contributed by atoms with Crippen LogP contribution in [0.5, 0.6) is 0 Å². The third kappa shape index (κ3) is 4.32. The van der Waals surface area contributed by atoms with E-state index in [0.717, 1.165) is 28.9 Å². The van der Waals surface area contributed by atoms with E-state index in [4.69, 9.17) is 10.5 Å². The Morgan fingerprint density at radius 1 is 1.17 bits per heavy atom. The Bertz CT molecular complexity index is 970. The molecular weight excluding hydrogens is 366 g/mol. The van der Waals surface area contributed by atoms with Crippen LogP contribution < -0.4 is 16.4 Å². The summed E-state index contributed by atoms with van der Waals surface area (Å²) in [6.45, 7) is 5.99. The predicted octanol–water partition coefficient (Wildman–Crippen LogP) is 4.24. The molecule has 3 rings (SSSR count). The Balaban J connectivity index is 1.98. The first-order valence-electron chi connectivity index (χ1n) is 9.68. The number of hydrogen-bond acceptors (Lipinski definition) is 5. The van der Waals surface area contributed by atoms with Gasteiger partial charge in [-0.05, 0) is 50.1 Å². The largest absolute Gasteiger partial charge is 0.465 e. The van der Waals surface area contributed by atoms with Crippen LogP contribution >= 0.6 is 0 Å². The highest BCUT2D eigenvalue weighted by molar-refractivity contribution is 6.32. The molecule has 0 radical (unpaired) electrons. The summed E-state index contributed by atoms with van der Waals surface area (Å²) in [7, 11) is 1.33. The molecule has 6 heteroatoms. The number of allylic oxidation sites excluding steroid dienone is 1. The van der Waals surface area contributed by atoms with Gasteiger partial charge in [0.2, 0.25) is 0 Å². The van der Waals surface area contributed by atoms with Crippen molar-refractivity contribution in [3.05, 3.63) is 64.9 Å². The molecule has 0 saturated heterocycles. The summed E-state index contributed by atoms with van der Waals surface area (Å²) in [5.41, 5.74) is 10.9. The second-order valence-electron chi connectivity index (χ2n) is 7.73.